The number of carbonyl (C=O) groups excluding carboxylic acids is 1. The van der Waals surface area contributed by atoms with Crippen LogP contribution < -0.4 is 16.6 Å². The number of carbonyl (C=O) groups is 1. The van der Waals surface area contributed by atoms with Gasteiger partial charge in [0.1, 0.15) is 0 Å². The Morgan fingerprint density at radius 2 is 1.75 bits per heavy atom. The molecule has 6 nitrogen and oxygen atoms in total. The number of rotatable bonds is 6. The first-order valence-electron chi connectivity index (χ1n) is 9.55. The molecule has 0 radical (unpaired) electrons. The summed E-state index contributed by atoms with van der Waals surface area (Å²) in [5, 5.41) is 3.27. The summed E-state index contributed by atoms with van der Waals surface area (Å²) in [7, 11) is 0. The third-order valence-electron chi connectivity index (χ3n) is 4.71. The maximum absolute atomic E-state index is 12.6. The van der Waals surface area contributed by atoms with Crippen molar-refractivity contribution < 1.29 is 4.79 Å². The van der Waals surface area contributed by atoms with E-state index in [2.05, 4.69) is 17.2 Å². The number of nitrogens with zero attached hydrogens (tertiary/aromatic N) is 1. The van der Waals surface area contributed by atoms with Crippen molar-refractivity contribution in [1.29, 1.82) is 0 Å². The van der Waals surface area contributed by atoms with E-state index in [1.54, 1.807) is 18.2 Å². The molecular formula is C22H25N3O3. The molecule has 1 aromatic heterocycles. The van der Waals surface area contributed by atoms with Crippen LogP contribution in [0.3, 0.4) is 0 Å². The van der Waals surface area contributed by atoms with Crippen molar-refractivity contribution in [2.24, 2.45) is 0 Å². The van der Waals surface area contributed by atoms with Crippen molar-refractivity contribution in [2.45, 2.75) is 46.6 Å². The second-order valence-electron chi connectivity index (χ2n) is 7.18. The highest BCUT2D eigenvalue weighted by atomic mass is 16.2. The molecule has 0 aliphatic heterocycles. The molecule has 0 atom stereocenters. The summed E-state index contributed by atoms with van der Waals surface area (Å²) in [6, 6.07) is 10.6. The number of hydrogen-bond acceptors (Lipinski definition) is 3. The SMILES string of the molecule is CCCCCn1c(=O)[nH]c2cc(C(=O)Nc3cc(C)cc(C)c3)ccc2c1=O. The van der Waals surface area contributed by atoms with E-state index in [1.165, 1.54) is 4.57 Å². The molecule has 0 saturated carbocycles. The van der Waals surface area contributed by atoms with Crippen LogP contribution in [0.2, 0.25) is 0 Å². The van der Waals surface area contributed by atoms with Crippen molar-refractivity contribution in [2.75, 3.05) is 5.32 Å². The van der Waals surface area contributed by atoms with Gasteiger partial charge in [-0.2, -0.15) is 0 Å². The first kappa shape index (κ1) is 19.6. The number of amides is 1. The molecule has 0 spiro atoms. The minimum atomic E-state index is -0.444. The highest BCUT2D eigenvalue weighted by Gasteiger charge is 2.12. The zero-order valence-electron chi connectivity index (χ0n) is 16.5. The van der Waals surface area contributed by atoms with E-state index < -0.39 is 5.69 Å². The summed E-state index contributed by atoms with van der Waals surface area (Å²) in [5.41, 5.74) is 2.81. The van der Waals surface area contributed by atoms with Crippen molar-refractivity contribution in [3.8, 4) is 0 Å². The minimum Gasteiger partial charge on any atom is -0.322 e. The van der Waals surface area contributed by atoms with E-state index in [9.17, 15) is 14.4 Å². The maximum Gasteiger partial charge on any atom is 0.328 e. The molecule has 3 rings (SSSR count). The van der Waals surface area contributed by atoms with Gasteiger partial charge >= 0.3 is 5.69 Å². The van der Waals surface area contributed by atoms with Gasteiger partial charge in [-0.05, 0) is 61.7 Å². The molecule has 0 saturated heterocycles. The van der Waals surface area contributed by atoms with Crippen LogP contribution >= 0.6 is 0 Å². The molecular weight excluding hydrogens is 354 g/mol. The monoisotopic (exact) mass is 379 g/mol. The number of unbranched alkanes of at least 4 members (excludes halogenated alkanes) is 2. The quantitative estimate of drug-likeness (QED) is 0.640. The minimum absolute atomic E-state index is 0.292. The molecule has 6 heteroatoms. The number of anilines is 1. The van der Waals surface area contributed by atoms with Crippen LogP contribution in [-0.2, 0) is 6.54 Å². The van der Waals surface area contributed by atoms with Gasteiger partial charge in [0.2, 0.25) is 0 Å². The largest absolute Gasteiger partial charge is 0.328 e. The summed E-state index contributed by atoms with van der Waals surface area (Å²) in [6.07, 6.45) is 2.75. The van der Waals surface area contributed by atoms with E-state index in [4.69, 9.17) is 0 Å². The van der Waals surface area contributed by atoms with E-state index in [0.29, 0.717) is 28.7 Å². The van der Waals surface area contributed by atoms with Crippen LogP contribution in [0.25, 0.3) is 10.9 Å². The molecule has 0 unspecified atom stereocenters. The molecule has 2 aromatic carbocycles. The Morgan fingerprint density at radius 1 is 1.04 bits per heavy atom. The molecule has 0 aliphatic rings. The molecule has 0 aliphatic carbocycles. The summed E-state index contributed by atoms with van der Waals surface area (Å²) in [4.78, 5) is 40.3. The Bertz CT molecular complexity index is 1120. The lowest BCUT2D eigenvalue weighted by Crippen LogP contribution is -2.35. The predicted molar refractivity (Wildman–Crippen MR) is 112 cm³/mol. The van der Waals surface area contributed by atoms with Crippen molar-refractivity contribution in [3.05, 3.63) is 73.9 Å². The topological polar surface area (TPSA) is 84.0 Å². The summed E-state index contributed by atoms with van der Waals surface area (Å²) in [6.45, 7) is 6.40. The Kier molecular flexibility index (Phi) is 5.78. The fraction of sp³-hybridized carbons (Fsp3) is 0.318. The Balaban J connectivity index is 1.91. The first-order chi connectivity index (χ1) is 13.4. The van der Waals surface area contributed by atoms with Crippen LogP contribution in [0, 0.1) is 13.8 Å². The third-order valence-corrected chi connectivity index (χ3v) is 4.71. The summed E-state index contributed by atoms with van der Waals surface area (Å²) in [5.74, 6) is -0.292. The van der Waals surface area contributed by atoms with Crippen LogP contribution in [0.1, 0.15) is 47.7 Å². The number of hydrogen-bond donors (Lipinski definition) is 2. The predicted octanol–water partition coefficient (Wildman–Crippen LogP) is 3.75. The molecule has 28 heavy (non-hydrogen) atoms. The average molecular weight is 379 g/mol. The van der Waals surface area contributed by atoms with Crippen LogP contribution in [0.4, 0.5) is 5.69 Å². The van der Waals surface area contributed by atoms with Gasteiger partial charge in [-0.3, -0.25) is 14.2 Å². The van der Waals surface area contributed by atoms with Gasteiger partial charge in [0, 0.05) is 17.8 Å². The molecule has 2 N–H and O–H groups in total. The zero-order valence-corrected chi connectivity index (χ0v) is 16.5. The Labute approximate surface area is 163 Å². The second-order valence-corrected chi connectivity index (χ2v) is 7.18. The second kappa shape index (κ2) is 8.25. The highest BCUT2D eigenvalue weighted by molar-refractivity contribution is 6.06. The molecule has 0 bridgehead atoms. The summed E-state index contributed by atoms with van der Waals surface area (Å²) >= 11 is 0. The van der Waals surface area contributed by atoms with Gasteiger partial charge < -0.3 is 10.3 Å². The fourth-order valence-electron chi connectivity index (χ4n) is 3.37. The maximum atomic E-state index is 12.6. The normalized spacial score (nSPS) is 11.0. The van der Waals surface area contributed by atoms with Crippen LogP contribution in [0.5, 0.6) is 0 Å². The molecule has 1 amide bonds. The van der Waals surface area contributed by atoms with Crippen LogP contribution in [0.15, 0.2) is 46.0 Å². The average Bonchev–Trinajstić information content (AvgIpc) is 2.63. The van der Waals surface area contributed by atoms with Crippen molar-refractivity contribution in [3.63, 3.8) is 0 Å². The lowest BCUT2D eigenvalue weighted by Gasteiger charge is -2.09. The third kappa shape index (κ3) is 4.22. The van der Waals surface area contributed by atoms with Crippen molar-refractivity contribution >= 4 is 22.5 Å². The fourth-order valence-corrected chi connectivity index (χ4v) is 3.37. The number of aromatic amines is 1. The molecule has 1 heterocycles. The van der Waals surface area contributed by atoms with Gasteiger partial charge in [-0.25, -0.2) is 4.79 Å². The van der Waals surface area contributed by atoms with Gasteiger partial charge in [0.15, 0.2) is 0 Å². The number of nitrogens with one attached hydrogen (secondary N) is 2. The molecule has 146 valence electrons. The smallest absolute Gasteiger partial charge is 0.322 e. The number of aromatic nitrogens is 2. The lowest BCUT2D eigenvalue weighted by molar-refractivity contribution is 0.102. The zero-order chi connectivity index (χ0) is 20.3. The van der Waals surface area contributed by atoms with Crippen molar-refractivity contribution in [1.82, 2.24) is 9.55 Å². The Morgan fingerprint density at radius 3 is 2.43 bits per heavy atom. The number of H-pyrrole nitrogens is 1. The summed E-state index contributed by atoms with van der Waals surface area (Å²) < 4.78 is 1.23. The van der Waals surface area contributed by atoms with E-state index in [-0.39, 0.29) is 11.5 Å². The first-order valence-corrected chi connectivity index (χ1v) is 9.55. The number of fused-ring (bicyclic) bond motifs is 1. The number of aryl methyl sites for hydroxylation is 2. The van der Waals surface area contributed by atoms with Gasteiger partial charge in [-0.15, -0.1) is 0 Å². The van der Waals surface area contributed by atoms with Gasteiger partial charge in [-0.1, -0.05) is 25.8 Å². The number of benzene rings is 2. The lowest BCUT2D eigenvalue weighted by atomic mass is 10.1. The van der Waals surface area contributed by atoms with Gasteiger partial charge in [0.05, 0.1) is 10.9 Å². The standard InChI is InChI=1S/C22H25N3O3/c1-4-5-6-9-25-21(27)18-8-7-16(13-19(18)24-22(25)28)20(26)23-17-11-14(2)10-15(3)12-17/h7-8,10-13H,4-6,9H2,1-3H3,(H,23,26)(H,24,28). The van der Waals surface area contributed by atoms with Gasteiger partial charge in [0.25, 0.3) is 11.5 Å². The van der Waals surface area contributed by atoms with Crippen LogP contribution in [-0.4, -0.2) is 15.5 Å². The molecule has 0 fully saturated rings. The van der Waals surface area contributed by atoms with E-state index in [1.807, 2.05) is 32.0 Å². The Hall–Kier alpha value is -3.15. The van der Waals surface area contributed by atoms with E-state index in [0.717, 1.165) is 30.4 Å². The highest BCUT2D eigenvalue weighted by Crippen LogP contribution is 2.16. The van der Waals surface area contributed by atoms with E-state index >= 15 is 0 Å². The molecule has 3 aromatic rings.